The Morgan fingerprint density at radius 2 is 1.52 bits per heavy atom. The molecule has 0 aliphatic heterocycles. The highest BCUT2D eigenvalue weighted by Crippen LogP contribution is 2.13. The lowest BCUT2D eigenvalue weighted by molar-refractivity contribution is 0.102. The zero-order valence-corrected chi connectivity index (χ0v) is 13.1. The Labute approximate surface area is 143 Å². The van der Waals surface area contributed by atoms with Crippen LogP contribution >= 0.6 is 0 Å². The summed E-state index contributed by atoms with van der Waals surface area (Å²) in [6.45, 7) is 0. The van der Waals surface area contributed by atoms with Gasteiger partial charge in [0.15, 0.2) is 0 Å². The maximum absolute atomic E-state index is 13.2. The van der Waals surface area contributed by atoms with Gasteiger partial charge in [-0.25, -0.2) is 4.39 Å². The van der Waals surface area contributed by atoms with E-state index in [1.165, 1.54) is 36.5 Å². The maximum atomic E-state index is 13.2. The monoisotopic (exact) mass is 335 g/mol. The average molecular weight is 335 g/mol. The van der Waals surface area contributed by atoms with E-state index in [4.69, 9.17) is 0 Å². The van der Waals surface area contributed by atoms with Gasteiger partial charge in [0.2, 0.25) is 0 Å². The quantitative estimate of drug-likeness (QED) is 0.763. The first-order valence-corrected chi connectivity index (χ1v) is 7.51. The van der Waals surface area contributed by atoms with Crippen molar-refractivity contribution in [3.05, 3.63) is 90.0 Å². The molecular formula is C19H14FN3O2. The molecule has 0 saturated carbocycles. The molecule has 2 amide bonds. The van der Waals surface area contributed by atoms with Gasteiger partial charge in [-0.1, -0.05) is 24.3 Å². The van der Waals surface area contributed by atoms with E-state index in [0.29, 0.717) is 11.4 Å². The lowest BCUT2D eigenvalue weighted by atomic mass is 10.2. The third-order valence-corrected chi connectivity index (χ3v) is 3.37. The van der Waals surface area contributed by atoms with Crippen LogP contribution in [0, 0.1) is 5.82 Å². The van der Waals surface area contributed by atoms with Gasteiger partial charge in [0.25, 0.3) is 11.8 Å². The zero-order valence-electron chi connectivity index (χ0n) is 13.1. The molecule has 0 aliphatic carbocycles. The molecule has 2 N–H and O–H groups in total. The number of hydrogen-bond donors (Lipinski definition) is 2. The number of carbonyl (C=O) groups excluding carboxylic acids is 2. The predicted molar refractivity (Wildman–Crippen MR) is 93.0 cm³/mol. The molecule has 1 heterocycles. The minimum absolute atomic E-state index is 0.107. The van der Waals surface area contributed by atoms with E-state index in [0.717, 1.165) is 0 Å². The minimum Gasteiger partial charge on any atom is -0.322 e. The number of rotatable bonds is 4. The van der Waals surface area contributed by atoms with Crippen molar-refractivity contribution < 1.29 is 14.0 Å². The van der Waals surface area contributed by atoms with Gasteiger partial charge in [-0.3, -0.25) is 14.6 Å². The van der Waals surface area contributed by atoms with Crippen molar-refractivity contribution in [2.75, 3.05) is 10.6 Å². The summed E-state index contributed by atoms with van der Waals surface area (Å²) in [4.78, 5) is 28.5. The van der Waals surface area contributed by atoms with Crippen LogP contribution in [0.4, 0.5) is 15.8 Å². The van der Waals surface area contributed by atoms with E-state index in [-0.39, 0.29) is 11.3 Å². The normalized spacial score (nSPS) is 10.1. The van der Waals surface area contributed by atoms with E-state index < -0.39 is 17.6 Å². The second-order valence-electron chi connectivity index (χ2n) is 5.21. The molecule has 0 radical (unpaired) electrons. The molecule has 0 bridgehead atoms. The van der Waals surface area contributed by atoms with Gasteiger partial charge in [-0.15, -0.1) is 0 Å². The van der Waals surface area contributed by atoms with Crippen molar-refractivity contribution in [2.24, 2.45) is 0 Å². The van der Waals surface area contributed by atoms with Crippen LogP contribution in [0.3, 0.4) is 0 Å². The molecule has 3 aromatic rings. The van der Waals surface area contributed by atoms with E-state index in [9.17, 15) is 14.0 Å². The Kier molecular flexibility index (Phi) is 4.80. The number of para-hydroxylation sites is 1. The van der Waals surface area contributed by atoms with Gasteiger partial charge < -0.3 is 10.6 Å². The number of carbonyl (C=O) groups is 2. The number of anilines is 2. The van der Waals surface area contributed by atoms with Crippen molar-refractivity contribution >= 4 is 23.2 Å². The minimum atomic E-state index is -0.457. The van der Waals surface area contributed by atoms with Gasteiger partial charge >= 0.3 is 0 Å². The number of nitrogens with one attached hydrogen (secondary N) is 2. The van der Waals surface area contributed by atoms with Crippen molar-refractivity contribution in [3.63, 3.8) is 0 Å². The number of aromatic nitrogens is 1. The van der Waals surface area contributed by atoms with Crippen LogP contribution in [-0.4, -0.2) is 16.8 Å². The van der Waals surface area contributed by atoms with Gasteiger partial charge in [-0.05, 0) is 42.5 Å². The summed E-state index contributed by atoms with van der Waals surface area (Å²) in [6, 6.07) is 17.4. The van der Waals surface area contributed by atoms with E-state index in [1.54, 1.807) is 30.3 Å². The molecule has 25 heavy (non-hydrogen) atoms. The molecule has 0 saturated heterocycles. The van der Waals surface area contributed by atoms with Crippen molar-refractivity contribution in [2.45, 2.75) is 0 Å². The molecule has 3 rings (SSSR count). The fraction of sp³-hybridized carbons (Fsp3) is 0. The number of pyridine rings is 1. The largest absolute Gasteiger partial charge is 0.322 e. The van der Waals surface area contributed by atoms with Crippen LogP contribution in [0.1, 0.15) is 20.8 Å². The number of halogens is 1. The fourth-order valence-electron chi connectivity index (χ4n) is 2.18. The van der Waals surface area contributed by atoms with Gasteiger partial charge in [-0.2, -0.15) is 0 Å². The summed E-state index contributed by atoms with van der Waals surface area (Å²) < 4.78 is 13.2. The number of hydrogen-bond acceptors (Lipinski definition) is 3. The Bertz CT molecular complexity index is 913. The number of nitrogens with zero attached hydrogens (tertiary/aromatic N) is 1. The zero-order chi connectivity index (χ0) is 17.6. The maximum Gasteiger partial charge on any atom is 0.274 e. The highest BCUT2D eigenvalue weighted by Gasteiger charge is 2.12. The molecule has 6 heteroatoms. The molecule has 0 spiro atoms. The van der Waals surface area contributed by atoms with Crippen LogP contribution in [-0.2, 0) is 0 Å². The van der Waals surface area contributed by atoms with Crippen LogP contribution in [0.2, 0.25) is 0 Å². The second-order valence-corrected chi connectivity index (χ2v) is 5.21. The standard InChI is InChI=1S/C19H14FN3O2/c20-14-5-4-8-16(12-14)23-18(24)13-9-10-21-17(11-13)19(25)22-15-6-2-1-3-7-15/h1-12H,(H,22,25)(H,23,24). The Hall–Kier alpha value is -3.54. The first kappa shape index (κ1) is 16.3. The Morgan fingerprint density at radius 1 is 0.800 bits per heavy atom. The van der Waals surface area contributed by atoms with Crippen molar-refractivity contribution in [3.8, 4) is 0 Å². The molecule has 0 aliphatic rings. The fourth-order valence-corrected chi connectivity index (χ4v) is 2.18. The predicted octanol–water partition coefficient (Wildman–Crippen LogP) is 3.73. The highest BCUT2D eigenvalue weighted by molar-refractivity contribution is 6.07. The first-order valence-electron chi connectivity index (χ1n) is 7.51. The van der Waals surface area contributed by atoms with Crippen LogP contribution < -0.4 is 10.6 Å². The Morgan fingerprint density at radius 3 is 2.28 bits per heavy atom. The molecule has 5 nitrogen and oxygen atoms in total. The summed E-state index contributed by atoms with van der Waals surface area (Å²) in [5, 5.41) is 5.28. The summed E-state index contributed by atoms with van der Waals surface area (Å²) in [5.74, 6) is -1.33. The highest BCUT2D eigenvalue weighted by atomic mass is 19.1. The van der Waals surface area contributed by atoms with Gasteiger partial charge in [0.05, 0.1) is 0 Å². The van der Waals surface area contributed by atoms with E-state index in [1.807, 2.05) is 6.07 Å². The summed E-state index contributed by atoms with van der Waals surface area (Å²) >= 11 is 0. The van der Waals surface area contributed by atoms with Crippen LogP contribution in [0.5, 0.6) is 0 Å². The molecule has 0 unspecified atom stereocenters. The second kappa shape index (κ2) is 7.35. The average Bonchev–Trinajstić information content (AvgIpc) is 2.62. The van der Waals surface area contributed by atoms with Crippen molar-refractivity contribution in [1.29, 1.82) is 0 Å². The Balaban J connectivity index is 1.74. The van der Waals surface area contributed by atoms with E-state index in [2.05, 4.69) is 15.6 Å². The van der Waals surface area contributed by atoms with Gasteiger partial charge in [0, 0.05) is 23.1 Å². The molecular weight excluding hydrogens is 321 g/mol. The lowest BCUT2D eigenvalue weighted by Gasteiger charge is -2.07. The van der Waals surface area contributed by atoms with Crippen LogP contribution in [0.25, 0.3) is 0 Å². The topological polar surface area (TPSA) is 71.1 Å². The molecule has 124 valence electrons. The smallest absolute Gasteiger partial charge is 0.274 e. The lowest BCUT2D eigenvalue weighted by Crippen LogP contribution is -2.17. The third kappa shape index (κ3) is 4.26. The van der Waals surface area contributed by atoms with E-state index >= 15 is 0 Å². The molecule has 2 aromatic carbocycles. The summed E-state index contributed by atoms with van der Waals surface area (Å²) in [7, 11) is 0. The van der Waals surface area contributed by atoms with Crippen molar-refractivity contribution in [1.82, 2.24) is 4.98 Å². The molecule has 0 atom stereocenters. The SMILES string of the molecule is O=C(Nc1cccc(F)c1)c1ccnc(C(=O)Nc2ccccc2)c1. The molecule has 1 aromatic heterocycles. The summed E-state index contributed by atoms with van der Waals surface area (Å²) in [6.07, 6.45) is 1.38. The number of benzene rings is 2. The first-order chi connectivity index (χ1) is 12.1. The van der Waals surface area contributed by atoms with Gasteiger partial charge in [0.1, 0.15) is 11.5 Å². The third-order valence-electron chi connectivity index (χ3n) is 3.37. The number of amides is 2. The van der Waals surface area contributed by atoms with Crippen LogP contribution in [0.15, 0.2) is 72.9 Å². The molecule has 0 fully saturated rings. The summed E-state index contributed by atoms with van der Waals surface area (Å²) in [5.41, 5.74) is 1.31.